The van der Waals surface area contributed by atoms with Crippen molar-refractivity contribution < 1.29 is 13.2 Å². The fourth-order valence-electron chi connectivity index (χ4n) is 1.44. The second-order valence-corrected chi connectivity index (χ2v) is 5.51. The van der Waals surface area contributed by atoms with Crippen LogP contribution in [-0.2, 0) is 14.8 Å². The second-order valence-electron chi connectivity index (χ2n) is 3.42. The zero-order chi connectivity index (χ0) is 10.6. The molecule has 0 saturated carbocycles. The van der Waals surface area contributed by atoms with Crippen molar-refractivity contribution in [3.8, 4) is 0 Å². The Morgan fingerprint density at radius 3 is 2.79 bits per heavy atom. The molecular formula is C8H18N2O3S. The Labute approximate surface area is 85.3 Å². The van der Waals surface area contributed by atoms with Crippen LogP contribution in [0.4, 0.5) is 0 Å². The van der Waals surface area contributed by atoms with Crippen LogP contribution in [0.15, 0.2) is 0 Å². The highest BCUT2D eigenvalue weighted by Gasteiger charge is 2.28. The predicted molar refractivity (Wildman–Crippen MR) is 54.4 cm³/mol. The van der Waals surface area contributed by atoms with Crippen LogP contribution >= 0.6 is 0 Å². The standard InChI is InChI=1S/C8H18N2O3S/c1-2-13-5-6-14(11,12)10-4-3-8(9)7-10/h8H,2-7,9H2,1H3. The average Bonchev–Trinajstić information content (AvgIpc) is 2.53. The fourth-order valence-corrected chi connectivity index (χ4v) is 2.83. The van der Waals surface area contributed by atoms with Gasteiger partial charge in [-0.2, -0.15) is 0 Å². The Balaban J connectivity index is 2.41. The van der Waals surface area contributed by atoms with Crippen molar-refractivity contribution in [1.29, 1.82) is 0 Å². The molecule has 0 aromatic heterocycles. The van der Waals surface area contributed by atoms with E-state index in [9.17, 15) is 8.42 Å². The van der Waals surface area contributed by atoms with Gasteiger partial charge in [-0.05, 0) is 13.3 Å². The van der Waals surface area contributed by atoms with Gasteiger partial charge in [0.2, 0.25) is 10.0 Å². The molecular weight excluding hydrogens is 204 g/mol. The van der Waals surface area contributed by atoms with Crippen molar-refractivity contribution in [2.24, 2.45) is 5.73 Å². The summed E-state index contributed by atoms with van der Waals surface area (Å²) in [6, 6.07) is -0.00290. The lowest BCUT2D eigenvalue weighted by atomic mass is 10.3. The molecule has 0 aliphatic carbocycles. The van der Waals surface area contributed by atoms with Crippen LogP contribution in [0.25, 0.3) is 0 Å². The van der Waals surface area contributed by atoms with Gasteiger partial charge in [-0.1, -0.05) is 0 Å². The number of hydrogen-bond donors (Lipinski definition) is 1. The van der Waals surface area contributed by atoms with Crippen LogP contribution in [0.5, 0.6) is 0 Å². The van der Waals surface area contributed by atoms with Crippen LogP contribution in [-0.4, -0.2) is 50.8 Å². The summed E-state index contributed by atoms with van der Waals surface area (Å²) in [4.78, 5) is 0. The van der Waals surface area contributed by atoms with Gasteiger partial charge in [-0.15, -0.1) is 0 Å². The first kappa shape index (κ1) is 11.9. The molecule has 84 valence electrons. The number of rotatable bonds is 5. The van der Waals surface area contributed by atoms with E-state index in [2.05, 4.69) is 0 Å². The Morgan fingerprint density at radius 2 is 2.29 bits per heavy atom. The summed E-state index contributed by atoms with van der Waals surface area (Å²) in [5.41, 5.74) is 5.64. The molecule has 6 heteroatoms. The lowest BCUT2D eigenvalue weighted by molar-refractivity contribution is 0.162. The molecule has 14 heavy (non-hydrogen) atoms. The van der Waals surface area contributed by atoms with Gasteiger partial charge in [0.15, 0.2) is 0 Å². The van der Waals surface area contributed by atoms with Gasteiger partial charge < -0.3 is 10.5 Å². The van der Waals surface area contributed by atoms with Crippen molar-refractivity contribution in [3.63, 3.8) is 0 Å². The van der Waals surface area contributed by atoms with Crippen LogP contribution in [0, 0.1) is 0 Å². The zero-order valence-electron chi connectivity index (χ0n) is 8.48. The molecule has 1 heterocycles. The minimum atomic E-state index is -3.14. The minimum absolute atomic E-state index is 0.00290. The number of nitrogens with zero attached hydrogens (tertiary/aromatic N) is 1. The monoisotopic (exact) mass is 222 g/mol. The minimum Gasteiger partial charge on any atom is -0.381 e. The van der Waals surface area contributed by atoms with Crippen molar-refractivity contribution in [1.82, 2.24) is 4.31 Å². The lowest BCUT2D eigenvalue weighted by Gasteiger charge is -2.15. The maximum Gasteiger partial charge on any atom is 0.216 e. The van der Waals surface area contributed by atoms with Gasteiger partial charge in [0.1, 0.15) is 0 Å². The summed E-state index contributed by atoms with van der Waals surface area (Å²) >= 11 is 0. The van der Waals surface area contributed by atoms with Crippen LogP contribution < -0.4 is 5.73 Å². The normalized spacial score (nSPS) is 24.3. The van der Waals surface area contributed by atoms with Crippen molar-refractivity contribution >= 4 is 10.0 Å². The fraction of sp³-hybridized carbons (Fsp3) is 1.00. The van der Waals surface area contributed by atoms with Gasteiger partial charge in [-0.25, -0.2) is 12.7 Å². The molecule has 2 N–H and O–H groups in total. The second kappa shape index (κ2) is 5.06. The smallest absolute Gasteiger partial charge is 0.216 e. The molecule has 1 rings (SSSR count). The van der Waals surface area contributed by atoms with E-state index >= 15 is 0 Å². The maximum absolute atomic E-state index is 11.6. The van der Waals surface area contributed by atoms with E-state index < -0.39 is 10.0 Å². The van der Waals surface area contributed by atoms with E-state index in [4.69, 9.17) is 10.5 Å². The maximum atomic E-state index is 11.6. The van der Waals surface area contributed by atoms with Gasteiger partial charge in [0, 0.05) is 25.7 Å². The first-order chi connectivity index (χ1) is 6.56. The van der Waals surface area contributed by atoms with Gasteiger partial charge in [-0.3, -0.25) is 0 Å². The van der Waals surface area contributed by atoms with E-state index in [-0.39, 0.29) is 18.4 Å². The summed E-state index contributed by atoms with van der Waals surface area (Å²) in [5.74, 6) is 0.0631. The molecule has 1 saturated heterocycles. The quantitative estimate of drug-likeness (QED) is 0.630. The Bertz CT molecular complexity index is 266. The zero-order valence-corrected chi connectivity index (χ0v) is 9.29. The molecule has 1 unspecified atom stereocenters. The molecule has 1 aliphatic rings. The largest absolute Gasteiger partial charge is 0.381 e. The predicted octanol–water partition coefficient (Wildman–Crippen LogP) is -0.614. The van der Waals surface area contributed by atoms with E-state index in [1.807, 2.05) is 6.92 Å². The van der Waals surface area contributed by atoms with Crippen LogP contribution in [0.2, 0.25) is 0 Å². The van der Waals surface area contributed by atoms with Crippen molar-refractivity contribution in [2.45, 2.75) is 19.4 Å². The van der Waals surface area contributed by atoms with E-state index in [1.54, 1.807) is 0 Å². The molecule has 5 nitrogen and oxygen atoms in total. The van der Waals surface area contributed by atoms with Gasteiger partial charge >= 0.3 is 0 Å². The van der Waals surface area contributed by atoms with E-state index in [1.165, 1.54) is 4.31 Å². The topological polar surface area (TPSA) is 72.6 Å². The number of nitrogens with two attached hydrogens (primary N) is 1. The molecule has 0 radical (unpaired) electrons. The number of sulfonamides is 1. The van der Waals surface area contributed by atoms with Crippen LogP contribution in [0.3, 0.4) is 0 Å². The third kappa shape index (κ3) is 3.20. The Kier molecular flexibility index (Phi) is 4.31. The highest BCUT2D eigenvalue weighted by atomic mass is 32.2. The molecule has 0 aromatic carbocycles. The van der Waals surface area contributed by atoms with Crippen molar-refractivity contribution in [3.05, 3.63) is 0 Å². The first-order valence-electron chi connectivity index (χ1n) is 4.87. The number of hydrogen-bond acceptors (Lipinski definition) is 4. The SMILES string of the molecule is CCOCCS(=O)(=O)N1CCC(N)C1. The van der Waals surface area contributed by atoms with Gasteiger partial charge in [0.05, 0.1) is 12.4 Å². The first-order valence-corrected chi connectivity index (χ1v) is 6.48. The van der Waals surface area contributed by atoms with E-state index in [0.29, 0.717) is 19.7 Å². The number of ether oxygens (including phenoxy) is 1. The molecule has 0 bridgehead atoms. The van der Waals surface area contributed by atoms with Crippen molar-refractivity contribution in [2.75, 3.05) is 32.1 Å². The Morgan fingerprint density at radius 1 is 1.57 bits per heavy atom. The molecule has 0 amide bonds. The molecule has 1 fully saturated rings. The Hall–Kier alpha value is -0.170. The third-order valence-corrected chi connectivity index (χ3v) is 4.07. The molecule has 1 aliphatic heterocycles. The van der Waals surface area contributed by atoms with Crippen LogP contribution in [0.1, 0.15) is 13.3 Å². The van der Waals surface area contributed by atoms with Gasteiger partial charge in [0.25, 0.3) is 0 Å². The molecule has 0 aromatic rings. The third-order valence-electron chi connectivity index (χ3n) is 2.27. The lowest BCUT2D eigenvalue weighted by Crippen LogP contribution is -2.34. The summed E-state index contributed by atoms with van der Waals surface area (Å²) in [6.45, 7) is 3.67. The summed E-state index contributed by atoms with van der Waals surface area (Å²) in [5, 5.41) is 0. The highest BCUT2D eigenvalue weighted by molar-refractivity contribution is 7.89. The summed E-state index contributed by atoms with van der Waals surface area (Å²) in [6.07, 6.45) is 0.758. The average molecular weight is 222 g/mol. The highest BCUT2D eigenvalue weighted by Crippen LogP contribution is 2.12. The summed E-state index contributed by atoms with van der Waals surface area (Å²) < 4.78 is 29.8. The molecule has 1 atom stereocenters. The van der Waals surface area contributed by atoms with E-state index in [0.717, 1.165) is 6.42 Å². The summed E-state index contributed by atoms with van der Waals surface area (Å²) in [7, 11) is -3.14. The molecule has 0 spiro atoms.